The van der Waals surface area contributed by atoms with E-state index in [4.69, 9.17) is 0 Å². The predicted molar refractivity (Wildman–Crippen MR) is 155 cm³/mol. The molecule has 0 unspecified atom stereocenters. The van der Waals surface area contributed by atoms with Crippen molar-refractivity contribution in [2.75, 3.05) is 4.81 Å². The van der Waals surface area contributed by atoms with Crippen LogP contribution in [0.15, 0.2) is 91.0 Å². The van der Waals surface area contributed by atoms with Crippen LogP contribution in [-0.2, 0) is 10.8 Å². The second-order valence-electron chi connectivity index (χ2n) is 11.7. The summed E-state index contributed by atoms with van der Waals surface area (Å²) in [5.41, 5.74) is 8.98. The van der Waals surface area contributed by atoms with Gasteiger partial charge in [-0.05, 0) is 82.6 Å². The van der Waals surface area contributed by atoms with Crippen LogP contribution >= 0.6 is 0 Å². The van der Waals surface area contributed by atoms with E-state index in [0.29, 0.717) is 0 Å². The van der Waals surface area contributed by atoms with Gasteiger partial charge in [0.05, 0.1) is 11.0 Å². The van der Waals surface area contributed by atoms with Gasteiger partial charge >= 0.3 is 0 Å². The molecule has 3 heteroatoms. The van der Waals surface area contributed by atoms with Gasteiger partial charge in [0.2, 0.25) is 7.98 Å². The normalized spacial score (nSPS) is 12.4. The highest BCUT2D eigenvalue weighted by Gasteiger charge is 2.20. The minimum Gasteiger partial charge on any atom is -0.394 e. The lowest BCUT2D eigenvalue weighted by Crippen LogP contribution is -2.11. The molecular formula is C32H35BN2. The molecule has 0 atom stereocenters. The summed E-state index contributed by atoms with van der Waals surface area (Å²) in [6.45, 7) is 13.7. The molecule has 0 spiro atoms. The second-order valence-corrected chi connectivity index (χ2v) is 11.7. The first-order valence-corrected chi connectivity index (χ1v) is 12.5. The molecule has 0 aliphatic heterocycles. The van der Waals surface area contributed by atoms with Crippen LogP contribution in [-0.4, -0.2) is 12.5 Å². The fraction of sp³-hybridized carbons (Fsp3) is 0.250. The zero-order valence-electron chi connectivity index (χ0n) is 22.1. The van der Waals surface area contributed by atoms with Crippen molar-refractivity contribution in [2.24, 2.45) is 0 Å². The lowest BCUT2D eigenvalue weighted by molar-refractivity contribution is 0.590. The summed E-state index contributed by atoms with van der Waals surface area (Å²) in [5.74, 6) is 0. The smallest absolute Gasteiger partial charge is 0.223 e. The first kappa shape index (κ1) is 23.3. The molecule has 1 heterocycles. The lowest BCUT2D eigenvalue weighted by Gasteiger charge is -2.21. The van der Waals surface area contributed by atoms with Crippen LogP contribution in [0.5, 0.6) is 0 Å². The molecular weight excluding hydrogens is 423 g/mol. The number of para-hydroxylation sites is 1. The van der Waals surface area contributed by atoms with E-state index in [9.17, 15) is 0 Å². The summed E-state index contributed by atoms with van der Waals surface area (Å²) in [5, 5.41) is 2.65. The summed E-state index contributed by atoms with van der Waals surface area (Å²) >= 11 is 0. The Kier molecular flexibility index (Phi) is 5.55. The van der Waals surface area contributed by atoms with Gasteiger partial charge in [0.1, 0.15) is 0 Å². The van der Waals surface area contributed by atoms with Crippen molar-refractivity contribution in [1.29, 1.82) is 0 Å². The van der Waals surface area contributed by atoms with Crippen LogP contribution in [0, 0.1) is 0 Å². The SMILES string of the molecule is BN(c1ccccc1)c1ccc(-n2c3ccc(C(C)(C)C)cc3c3cc(C(C)(C)C)ccc32)cc1. The van der Waals surface area contributed by atoms with E-state index in [1.54, 1.807) is 0 Å². The minimum atomic E-state index is 0.105. The predicted octanol–water partition coefficient (Wildman–Crippen LogP) is 8.06. The molecule has 5 aromatic rings. The number of benzene rings is 4. The first-order valence-electron chi connectivity index (χ1n) is 12.5. The molecule has 0 fully saturated rings. The zero-order valence-corrected chi connectivity index (χ0v) is 22.1. The summed E-state index contributed by atoms with van der Waals surface area (Å²) in [6.07, 6.45) is 0. The average Bonchev–Trinajstić information content (AvgIpc) is 3.16. The number of fused-ring (bicyclic) bond motifs is 3. The van der Waals surface area contributed by atoms with E-state index in [1.807, 2.05) is 0 Å². The molecule has 176 valence electrons. The number of aromatic nitrogens is 1. The Balaban J connectivity index is 1.69. The molecule has 4 aromatic carbocycles. The van der Waals surface area contributed by atoms with Crippen molar-refractivity contribution >= 4 is 41.2 Å². The number of anilines is 2. The van der Waals surface area contributed by atoms with Crippen LogP contribution in [0.2, 0.25) is 0 Å². The maximum Gasteiger partial charge on any atom is 0.223 e. The van der Waals surface area contributed by atoms with Crippen LogP contribution < -0.4 is 4.81 Å². The Bertz CT molecular complexity index is 1430. The quantitative estimate of drug-likeness (QED) is 0.248. The molecule has 0 saturated carbocycles. The monoisotopic (exact) mass is 458 g/mol. The van der Waals surface area contributed by atoms with E-state index >= 15 is 0 Å². The second kappa shape index (κ2) is 8.34. The molecule has 0 amide bonds. The van der Waals surface area contributed by atoms with Gasteiger partial charge in [-0.1, -0.05) is 71.9 Å². The molecule has 0 saturated heterocycles. The van der Waals surface area contributed by atoms with E-state index < -0.39 is 0 Å². The molecule has 0 radical (unpaired) electrons. The Morgan fingerprint density at radius 1 is 0.571 bits per heavy atom. The topological polar surface area (TPSA) is 8.17 Å². The van der Waals surface area contributed by atoms with Gasteiger partial charge in [-0.15, -0.1) is 0 Å². The largest absolute Gasteiger partial charge is 0.394 e. The third-order valence-electron chi connectivity index (χ3n) is 7.14. The number of hydrogen-bond donors (Lipinski definition) is 0. The summed E-state index contributed by atoms with van der Waals surface area (Å²) in [7, 11) is 2.12. The maximum absolute atomic E-state index is 2.41. The van der Waals surface area contributed by atoms with Crippen molar-refractivity contribution < 1.29 is 0 Å². The van der Waals surface area contributed by atoms with Crippen molar-refractivity contribution in [1.82, 2.24) is 4.57 Å². The molecule has 2 nitrogen and oxygen atoms in total. The molecule has 35 heavy (non-hydrogen) atoms. The van der Waals surface area contributed by atoms with Gasteiger partial charge in [0.15, 0.2) is 0 Å². The fourth-order valence-electron chi connectivity index (χ4n) is 4.86. The molecule has 0 bridgehead atoms. The summed E-state index contributed by atoms with van der Waals surface area (Å²) in [4.78, 5) is 2.22. The molecule has 5 rings (SSSR count). The lowest BCUT2D eigenvalue weighted by atomic mass is 9.85. The number of rotatable bonds is 3. The van der Waals surface area contributed by atoms with Crippen molar-refractivity contribution in [3.8, 4) is 5.69 Å². The van der Waals surface area contributed by atoms with Gasteiger partial charge in [0.25, 0.3) is 0 Å². The first-order chi connectivity index (χ1) is 16.5. The van der Waals surface area contributed by atoms with E-state index in [-0.39, 0.29) is 10.8 Å². The highest BCUT2D eigenvalue weighted by Crippen LogP contribution is 2.38. The third kappa shape index (κ3) is 4.25. The maximum atomic E-state index is 2.41. The summed E-state index contributed by atoms with van der Waals surface area (Å²) in [6, 6.07) is 33.4. The Morgan fingerprint density at radius 3 is 1.49 bits per heavy atom. The Hall–Kier alpha value is -3.46. The standard InChI is InChI=1S/C32H35BN2/c1-31(2,3)22-12-18-29-27(20-22)28-21-23(32(4,5)6)13-19-30(28)34(29)24-14-16-26(17-15-24)35(33)25-10-8-7-9-11-25/h7-21H,33H2,1-6H3. The van der Waals surface area contributed by atoms with Crippen LogP contribution in [0.4, 0.5) is 11.4 Å². The molecule has 0 aliphatic carbocycles. The van der Waals surface area contributed by atoms with Gasteiger partial charge in [0, 0.05) is 27.8 Å². The van der Waals surface area contributed by atoms with Crippen LogP contribution in [0.3, 0.4) is 0 Å². The van der Waals surface area contributed by atoms with Crippen molar-refractivity contribution in [2.45, 2.75) is 52.4 Å². The summed E-state index contributed by atoms with van der Waals surface area (Å²) < 4.78 is 2.41. The third-order valence-corrected chi connectivity index (χ3v) is 7.14. The van der Waals surface area contributed by atoms with Gasteiger partial charge < -0.3 is 9.38 Å². The Labute approximate surface area is 210 Å². The van der Waals surface area contributed by atoms with Crippen molar-refractivity contribution in [3.05, 3.63) is 102 Å². The van der Waals surface area contributed by atoms with E-state index in [0.717, 1.165) is 0 Å². The van der Waals surface area contributed by atoms with Gasteiger partial charge in [-0.2, -0.15) is 0 Å². The molecule has 0 N–H and O–H groups in total. The van der Waals surface area contributed by atoms with E-state index in [1.165, 1.54) is 50.0 Å². The highest BCUT2D eigenvalue weighted by atomic mass is 15.0. The fourth-order valence-corrected chi connectivity index (χ4v) is 4.86. The van der Waals surface area contributed by atoms with Crippen LogP contribution in [0.1, 0.15) is 52.7 Å². The van der Waals surface area contributed by atoms with E-state index in [2.05, 4.69) is 150 Å². The Morgan fingerprint density at radius 2 is 1.03 bits per heavy atom. The highest BCUT2D eigenvalue weighted by molar-refractivity contribution is 6.22. The molecule has 0 aliphatic rings. The number of hydrogen-bond acceptors (Lipinski definition) is 1. The van der Waals surface area contributed by atoms with Crippen molar-refractivity contribution in [3.63, 3.8) is 0 Å². The zero-order chi connectivity index (χ0) is 25.0. The van der Waals surface area contributed by atoms with Crippen LogP contribution in [0.25, 0.3) is 27.5 Å². The number of nitrogens with zero attached hydrogens (tertiary/aromatic N) is 2. The van der Waals surface area contributed by atoms with Gasteiger partial charge in [-0.3, -0.25) is 0 Å². The molecule has 1 aromatic heterocycles. The average molecular weight is 458 g/mol. The van der Waals surface area contributed by atoms with Gasteiger partial charge in [-0.25, -0.2) is 0 Å². The minimum absolute atomic E-state index is 0.105.